The highest BCUT2D eigenvalue weighted by molar-refractivity contribution is 6.30. The number of hydrogen-bond acceptors (Lipinski definition) is 7. The predicted molar refractivity (Wildman–Crippen MR) is 108 cm³/mol. The van der Waals surface area contributed by atoms with E-state index in [1.807, 2.05) is 6.92 Å². The Morgan fingerprint density at radius 3 is 2.69 bits per heavy atom. The van der Waals surface area contributed by atoms with E-state index in [-0.39, 0.29) is 42.0 Å². The van der Waals surface area contributed by atoms with Gasteiger partial charge >= 0.3 is 12.1 Å². The molecule has 0 saturated carbocycles. The van der Waals surface area contributed by atoms with Gasteiger partial charge in [-0.1, -0.05) is 18.5 Å². The Labute approximate surface area is 174 Å². The molecule has 0 spiro atoms. The van der Waals surface area contributed by atoms with Gasteiger partial charge in [0.25, 0.3) is 0 Å². The first-order chi connectivity index (χ1) is 14.0. The SMILES string of the molecule is CCOC(=O)c1oc2ccc(Cl)nc2c1N(C(=O)OCC)C1CCOC(CC)C1. The fourth-order valence-corrected chi connectivity index (χ4v) is 3.64. The average molecular weight is 425 g/mol. The molecule has 29 heavy (non-hydrogen) atoms. The molecule has 0 aromatic carbocycles. The molecule has 8 nitrogen and oxygen atoms in total. The van der Waals surface area contributed by atoms with Crippen molar-refractivity contribution in [3.8, 4) is 0 Å². The van der Waals surface area contributed by atoms with Gasteiger partial charge in [0.05, 0.1) is 19.3 Å². The summed E-state index contributed by atoms with van der Waals surface area (Å²) in [6.45, 7) is 6.30. The van der Waals surface area contributed by atoms with E-state index in [1.165, 1.54) is 4.90 Å². The number of fused-ring (bicyclic) bond motifs is 1. The van der Waals surface area contributed by atoms with Crippen molar-refractivity contribution in [3.63, 3.8) is 0 Å². The monoisotopic (exact) mass is 424 g/mol. The molecule has 1 amide bonds. The van der Waals surface area contributed by atoms with Gasteiger partial charge in [0.15, 0.2) is 5.58 Å². The first-order valence-corrected chi connectivity index (χ1v) is 10.2. The standard InChI is InChI=1S/C20H25ClN2O6/c1-4-13-11-12(9-10-28-13)23(20(25)27-6-3)17-16-14(7-8-15(21)22-16)29-18(17)19(24)26-5-2/h7-8,12-13H,4-6,9-11H2,1-3H3. The number of pyridine rings is 1. The largest absolute Gasteiger partial charge is 0.460 e. The van der Waals surface area contributed by atoms with E-state index in [0.29, 0.717) is 30.5 Å². The van der Waals surface area contributed by atoms with Gasteiger partial charge in [-0.25, -0.2) is 14.6 Å². The van der Waals surface area contributed by atoms with E-state index >= 15 is 0 Å². The average Bonchev–Trinajstić information content (AvgIpc) is 3.07. The lowest BCUT2D eigenvalue weighted by atomic mass is 9.99. The molecular weight excluding hydrogens is 400 g/mol. The number of halogens is 1. The van der Waals surface area contributed by atoms with Gasteiger partial charge in [-0.05, 0) is 45.2 Å². The number of carbonyl (C=O) groups is 2. The number of anilines is 1. The Morgan fingerprint density at radius 2 is 2.00 bits per heavy atom. The van der Waals surface area contributed by atoms with Crippen LogP contribution in [0.3, 0.4) is 0 Å². The van der Waals surface area contributed by atoms with Crippen LogP contribution in [-0.2, 0) is 14.2 Å². The third-order valence-electron chi connectivity index (χ3n) is 4.80. The van der Waals surface area contributed by atoms with Crippen molar-refractivity contribution in [1.82, 2.24) is 4.98 Å². The van der Waals surface area contributed by atoms with Crippen LogP contribution in [-0.4, -0.2) is 49.0 Å². The van der Waals surface area contributed by atoms with Crippen LogP contribution in [0, 0.1) is 0 Å². The first-order valence-electron chi connectivity index (χ1n) is 9.83. The quantitative estimate of drug-likeness (QED) is 0.495. The van der Waals surface area contributed by atoms with Crippen LogP contribution in [0.1, 0.15) is 50.6 Å². The molecule has 0 bridgehead atoms. The first kappa shape index (κ1) is 21.4. The number of ether oxygens (including phenoxy) is 3. The number of amides is 1. The molecule has 3 rings (SSSR count). The highest BCUT2D eigenvalue weighted by atomic mass is 35.5. The fraction of sp³-hybridized carbons (Fsp3) is 0.550. The molecule has 1 aliphatic rings. The molecule has 2 atom stereocenters. The van der Waals surface area contributed by atoms with Crippen LogP contribution in [0.2, 0.25) is 5.15 Å². The van der Waals surface area contributed by atoms with Crippen molar-refractivity contribution in [2.45, 2.75) is 52.2 Å². The molecule has 1 fully saturated rings. The van der Waals surface area contributed by atoms with Crippen molar-refractivity contribution in [1.29, 1.82) is 0 Å². The Balaban J connectivity index is 2.17. The van der Waals surface area contributed by atoms with Crippen molar-refractivity contribution < 1.29 is 28.2 Å². The number of furan rings is 1. The van der Waals surface area contributed by atoms with Crippen LogP contribution in [0.15, 0.2) is 16.5 Å². The summed E-state index contributed by atoms with van der Waals surface area (Å²) < 4.78 is 22.0. The summed E-state index contributed by atoms with van der Waals surface area (Å²) in [6, 6.07) is 2.92. The molecular formula is C20H25ClN2O6. The maximum absolute atomic E-state index is 13.0. The van der Waals surface area contributed by atoms with Crippen LogP contribution in [0.25, 0.3) is 11.1 Å². The van der Waals surface area contributed by atoms with Crippen LogP contribution in [0.5, 0.6) is 0 Å². The van der Waals surface area contributed by atoms with Crippen LogP contribution < -0.4 is 4.90 Å². The predicted octanol–water partition coefficient (Wildman–Crippen LogP) is 4.58. The number of aromatic nitrogens is 1. The molecule has 0 aliphatic carbocycles. The van der Waals surface area contributed by atoms with E-state index in [4.69, 9.17) is 30.2 Å². The normalized spacial score (nSPS) is 19.2. The summed E-state index contributed by atoms with van der Waals surface area (Å²) >= 11 is 6.09. The topological polar surface area (TPSA) is 91.1 Å². The lowest BCUT2D eigenvalue weighted by molar-refractivity contribution is 0.00465. The molecule has 0 N–H and O–H groups in total. The van der Waals surface area contributed by atoms with Gasteiger partial charge in [0.1, 0.15) is 16.4 Å². The number of hydrogen-bond donors (Lipinski definition) is 0. The highest BCUT2D eigenvalue weighted by Gasteiger charge is 2.38. The molecule has 158 valence electrons. The van der Waals surface area contributed by atoms with Crippen molar-refractivity contribution in [2.24, 2.45) is 0 Å². The van der Waals surface area contributed by atoms with E-state index in [0.717, 1.165) is 6.42 Å². The summed E-state index contributed by atoms with van der Waals surface area (Å²) in [4.78, 5) is 31.4. The van der Waals surface area contributed by atoms with Crippen molar-refractivity contribution >= 4 is 40.5 Å². The molecule has 3 heterocycles. The summed E-state index contributed by atoms with van der Waals surface area (Å²) in [5.41, 5.74) is 0.871. The fourth-order valence-electron chi connectivity index (χ4n) is 3.49. The minimum absolute atomic E-state index is 0.00596. The molecule has 0 radical (unpaired) electrons. The second-order valence-electron chi connectivity index (χ2n) is 6.63. The van der Waals surface area contributed by atoms with Crippen molar-refractivity contribution in [2.75, 3.05) is 24.7 Å². The minimum atomic E-state index is -0.676. The maximum Gasteiger partial charge on any atom is 0.414 e. The summed E-state index contributed by atoms with van der Waals surface area (Å²) in [5, 5.41) is 0.220. The molecule has 2 aromatic rings. The molecule has 1 saturated heterocycles. The summed E-state index contributed by atoms with van der Waals surface area (Å²) in [7, 11) is 0. The van der Waals surface area contributed by atoms with E-state index in [1.54, 1.807) is 26.0 Å². The second kappa shape index (κ2) is 9.45. The van der Waals surface area contributed by atoms with Gasteiger partial charge < -0.3 is 18.6 Å². The van der Waals surface area contributed by atoms with E-state index < -0.39 is 12.1 Å². The molecule has 2 unspecified atom stereocenters. The van der Waals surface area contributed by atoms with Gasteiger partial charge in [-0.15, -0.1) is 0 Å². The smallest absolute Gasteiger partial charge is 0.414 e. The number of nitrogens with zero attached hydrogens (tertiary/aromatic N) is 2. The van der Waals surface area contributed by atoms with Gasteiger partial charge in [0.2, 0.25) is 5.76 Å². The summed E-state index contributed by atoms with van der Waals surface area (Å²) in [5.74, 6) is -0.769. The Hall–Kier alpha value is -2.32. The third kappa shape index (κ3) is 4.48. The zero-order chi connectivity index (χ0) is 21.0. The van der Waals surface area contributed by atoms with Crippen molar-refractivity contribution in [3.05, 3.63) is 23.0 Å². The highest BCUT2D eigenvalue weighted by Crippen LogP contribution is 2.38. The molecule has 2 aromatic heterocycles. The molecule has 9 heteroatoms. The van der Waals surface area contributed by atoms with Gasteiger partial charge in [-0.2, -0.15) is 0 Å². The molecule has 1 aliphatic heterocycles. The minimum Gasteiger partial charge on any atom is -0.460 e. The summed E-state index contributed by atoms with van der Waals surface area (Å²) in [6.07, 6.45) is 1.43. The Morgan fingerprint density at radius 1 is 1.24 bits per heavy atom. The van der Waals surface area contributed by atoms with E-state index in [2.05, 4.69) is 4.98 Å². The lowest BCUT2D eigenvalue weighted by Crippen LogP contribution is -2.46. The zero-order valence-electron chi connectivity index (χ0n) is 16.8. The van der Waals surface area contributed by atoms with E-state index in [9.17, 15) is 9.59 Å². The Kier molecular flexibility index (Phi) is 6.97. The Bertz CT molecular complexity index is 883. The van der Waals surface area contributed by atoms with Crippen LogP contribution in [0.4, 0.5) is 10.5 Å². The number of rotatable bonds is 6. The zero-order valence-corrected chi connectivity index (χ0v) is 17.5. The second-order valence-corrected chi connectivity index (χ2v) is 7.02. The van der Waals surface area contributed by atoms with Gasteiger partial charge in [0, 0.05) is 12.6 Å². The number of carbonyl (C=O) groups excluding carboxylic acids is 2. The number of esters is 1. The maximum atomic E-state index is 13.0. The lowest BCUT2D eigenvalue weighted by Gasteiger charge is -2.36. The van der Waals surface area contributed by atoms with Crippen LogP contribution >= 0.6 is 11.6 Å². The third-order valence-corrected chi connectivity index (χ3v) is 5.01. The van der Waals surface area contributed by atoms with Gasteiger partial charge in [-0.3, -0.25) is 4.90 Å².